The molecule has 30 heavy (non-hydrogen) atoms. The normalized spacial score (nSPS) is 34.5. The Morgan fingerprint density at radius 1 is 0.633 bits per heavy atom. The van der Waals surface area contributed by atoms with Gasteiger partial charge in [0.25, 0.3) is 0 Å². The van der Waals surface area contributed by atoms with E-state index in [0.29, 0.717) is 25.2 Å². The second-order valence-corrected chi connectivity index (χ2v) is 9.15. The van der Waals surface area contributed by atoms with Crippen LogP contribution in [0, 0.1) is 0 Å². The molecule has 6 fully saturated rings. The van der Waals surface area contributed by atoms with Gasteiger partial charge in [0, 0.05) is 90.6 Å². The second-order valence-electron chi connectivity index (χ2n) is 9.15. The van der Waals surface area contributed by atoms with E-state index in [-0.39, 0.29) is 30.4 Å². The van der Waals surface area contributed by atoms with E-state index in [2.05, 4.69) is 30.2 Å². The van der Waals surface area contributed by atoms with Crippen molar-refractivity contribution in [3.63, 3.8) is 0 Å². The summed E-state index contributed by atoms with van der Waals surface area (Å²) in [5.74, 6) is -0.864. The molecule has 9 nitrogen and oxygen atoms in total. The summed E-state index contributed by atoms with van der Waals surface area (Å²) in [4.78, 5) is 46.1. The first-order valence-corrected chi connectivity index (χ1v) is 11.5. The Kier molecular flexibility index (Phi) is 7.35. The van der Waals surface area contributed by atoms with E-state index in [1.807, 2.05) is 0 Å². The molecule has 0 saturated carbocycles. The van der Waals surface area contributed by atoms with Crippen LogP contribution in [0.4, 0.5) is 0 Å². The number of ketones is 1. The number of nitrogens with one attached hydrogen (secondary N) is 2. The van der Waals surface area contributed by atoms with Crippen LogP contribution in [-0.2, 0) is 14.4 Å². The van der Waals surface area contributed by atoms with Gasteiger partial charge in [-0.2, -0.15) is 0 Å². The molecule has 6 saturated heterocycles. The highest BCUT2D eigenvalue weighted by molar-refractivity contribution is 6.06. The highest BCUT2D eigenvalue weighted by Gasteiger charge is 2.32. The van der Waals surface area contributed by atoms with Crippen LogP contribution in [0.25, 0.3) is 0 Å². The van der Waals surface area contributed by atoms with E-state index in [9.17, 15) is 14.4 Å². The first-order chi connectivity index (χ1) is 14.6. The van der Waals surface area contributed by atoms with Gasteiger partial charge >= 0.3 is 0 Å². The number of Topliss-reactive ketones (excluding diaryl/α,β-unsaturated/α-hetero) is 1. The SMILES string of the molecule is O=C(CC(=O)NCCC1CN2CCN1CC2)CC(=O)NCCC1CN2CCN1CC2. The minimum Gasteiger partial charge on any atom is -0.356 e. The van der Waals surface area contributed by atoms with Crippen molar-refractivity contribution in [2.24, 2.45) is 0 Å². The molecule has 2 N–H and O–H groups in total. The van der Waals surface area contributed by atoms with Crippen molar-refractivity contribution >= 4 is 17.6 Å². The van der Waals surface area contributed by atoms with Crippen molar-refractivity contribution in [1.82, 2.24) is 30.2 Å². The number of hydrogen-bond donors (Lipinski definition) is 2. The molecular formula is C21H36N6O3. The maximum absolute atomic E-state index is 12.1. The zero-order valence-electron chi connectivity index (χ0n) is 18.0. The summed E-state index contributed by atoms with van der Waals surface area (Å²) in [6, 6.07) is 1.00. The topological polar surface area (TPSA) is 88.2 Å². The maximum Gasteiger partial charge on any atom is 0.227 e. The third-order valence-electron chi connectivity index (χ3n) is 7.10. The number of hydrogen-bond acceptors (Lipinski definition) is 7. The van der Waals surface area contributed by atoms with Gasteiger partial charge in [0.2, 0.25) is 11.8 Å². The van der Waals surface area contributed by atoms with Gasteiger partial charge in [0.1, 0.15) is 0 Å². The third kappa shape index (κ3) is 5.78. The molecule has 6 rings (SSSR count). The summed E-state index contributed by atoms with van der Waals surface area (Å²) in [5.41, 5.74) is 0. The molecule has 0 aromatic carbocycles. The Labute approximate surface area is 179 Å². The number of piperazine rings is 6. The standard InChI is InChI=1S/C21H36N6O3/c28-19(13-20(29)22-3-1-17-15-24-5-9-26(17)10-6-24)14-21(30)23-4-2-18-16-25-7-11-27(18)12-8-25/h17-18H,1-16H2,(H,22,29)(H,23,30). The molecule has 0 aromatic heterocycles. The first kappa shape index (κ1) is 21.7. The average molecular weight is 421 g/mol. The second kappa shape index (κ2) is 10.2. The van der Waals surface area contributed by atoms with Crippen molar-refractivity contribution in [2.45, 2.75) is 37.8 Å². The van der Waals surface area contributed by atoms with E-state index in [1.54, 1.807) is 0 Å². The van der Waals surface area contributed by atoms with Crippen LogP contribution in [0.3, 0.4) is 0 Å². The molecule has 2 atom stereocenters. The Morgan fingerprint density at radius 3 is 1.37 bits per heavy atom. The molecular weight excluding hydrogens is 384 g/mol. The fraction of sp³-hybridized carbons (Fsp3) is 0.857. The van der Waals surface area contributed by atoms with Crippen LogP contribution in [-0.4, -0.2) is 128 Å². The molecule has 6 heterocycles. The molecule has 6 aliphatic rings. The highest BCUT2D eigenvalue weighted by atomic mass is 16.2. The van der Waals surface area contributed by atoms with Crippen molar-refractivity contribution in [2.75, 3.05) is 78.5 Å². The minimum absolute atomic E-state index is 0.209. The lowest BCUT2D eigenvalue weighted by Crippen LogP contribution is -2.61. The van der Waals surface area contributed by atoms with Gasteiger partial charge < -0.3 is 10.6 Å². The van der Waals surface area contributed by atoms with Gasteiger partial charge in [0.05, 0.1) is 12.8 Å². The minimum atomic E-state index is -0.317. The Bertz CT molecular complexity index is 576. The fourth-order valence-corrected chi connectivity index (χ4v) is 5.30. The van der Waals surface area contributed by atoms with E-state index in [1.165, 1.54) is 0 Å². The fourth-order valence-electron chi connectivity index (χ4n) is 5.30. The van der Waals surface area contributed by atoms with E-state index in [4.69, 9.17) is 0 Å². The molecule has 0 radical (unpaired) electrons. The van der Waals surface area contributed by atoms with Crippen molar-refractivity contribution in [3.05, 3.63) is 0 Å². The van der Waals surface area contributed by atoms with Crippen LogP contribution in [0.5, 0.6) is 0 Å². The number of carbonyl (C=O) groups excluding carboxylic acids is 3. The first-order valence-electron chi connectivity index (χ1n) is 11.5. The summed E-state index contributed by atoms with van der Waals surface area (Å²) in [6.07, 6.45) is 1.40. The van der Waals surface area contributed by atoms with E-state index >= 15 is 0 Å². The summed E-state index contributed by atoms with van der Waals surface area (Å²) in [7, 11) is 0. The molecule has 9 heteroatoms. The monoisotopic (exact) mass is 420 g/mol. The number of amides is 2. The van der Waals surface area contributed by atoms with Crippen molar-refractivity contribution in [3.8, 4) is 0 Å². The van der Waals surface area contributed by atoms with Crippen molar-refractivity contribution in [1.29, 1.82) is 0 Å². The Hall–Kier alpha value is -1.55. The molecule has 0 aromatic rings. The number of nitrogens with zero attached hydrogens (tertiary/aromatic N) is 4. The number of carbonyl (C=O) groups is 3. The summed E-state index contributed by atoms with van der Waals surface area (Å²) >= 11 is 0. The lowest BCUT2D eigenvalue weighted by atomic mass is 10.0. The van der Waals surface area contributed by atoms with E-state index in [0.717, 1.165) is 78.3 Å². The summed E-state index contributed by atoms with van der Waals surface area (Å²) < 4.78 is 0. The zero-order chi connectivity index (χ0) is 20.9. The van der Waals surface area contributed by atoms with Crippen LogP contribution < -0.4 is 10.6 Å². The van der Waals surface area contributed by atoms with Crippen LogP contribution >= 0.6 is 0 Å². The number of rotatable bonds is 10. The van der Waals surface area contributed by atoms with Gasteiger partial charge in [0.15, 0.2) is 5.78 Å². The third-order valence-corrected chi connectivity index (χ3v) is 7.10. The Morgan fingerprint density at radius 2 is 1.03 bits per heavy atom. The largest absolute Gasteiger partial charge is 0.356 e. The molecule has 168 valence electrons. The Balaban J connectivity index is 1.05. The van der Waals surface area contributed by atoms with Gasteiger partial charge in [-0.25, -0.2) is 0 Å². The smallest absolute Gasteiger partial charge is 0.227 e. The van der Waals surface area contributed by atoms with Crippen LogP contribution in [0.1, 0.15) is 25.7 Å². The van der Waals surface area contributed by atoms with Crippen LogP contribution in [0.2, 0.25) is 0 Å². The van der Waals surface area contributed by atoms with Crippen molar-refractivity contribution < 1.29 is 14.4 Å². The molecule has 2 unspecified atom stereocenters. The molecule has 0 spiro atoms. The molecule has 4 bridgehead atoms. The lowest BCUT2D eigenvalue weighted by molar-refractivity contribution is -0.131. The molecule has 0 aliphatic carbocycles. The zero-order valence-corrected chi connectivity index (χ0v) is 18.0. The molecule has 6 aliphatic heterocycles. The predicted molar refractivity (Wildman–Crippen MR) is 113 cm³/mol. The van der Waals surface area contributed by atoms with Gasteiger partial charge in [-0.3, -0.25) is 34.0 Å². The quantitative estimate of drug-likeness (QED) is 0.410. The average Bonchev–Trinajstić information content (AvgIpc) is 2.75. The van der Waals surface area contributed by atoms with Gasteiger partial charge in [-0.15, -0.1) is 0 Å². The van der Waals surface area contributed by atoms with Gasteiger partial charge in [-0.05, 0) is 12.8 Å². The molecule has 2 amide bonds. The lowest BCUT2D eigenvalue weighted by Gasteiger charge is -2.47. The highest BCUT2D eigenvalue weighted by Crippen LogP contribution is 2.18. The predicted octanol–water partition coefficient (Wildman–Crippen LogP) is -1.65. The summed E-state index contributed by atoms with van der Waals surface area (Å²) in [5, 5.41) is 5.70. The van der Waals surface area contributed by atoms with E-state index < -0.39 is 0 Å². The number of fused-ring (bicyclic) bond motifs is 6. The summed E-state index contributed by atoms with van der Waals surface area (Å²) in [6.45, 7) is 12.4. The maximum atomic E-state index is 12.1. The van der Waals surface area contributed by atoms with Gasteiger partial charge in [-0.1, -0.05) is 0 Å². The van der Waals surface area contributed by atoms with Crippen LogP contribution in [0.15, 0.2) is 0 Å².